The number of ketones is 4. The van der Waals surface area contributed by atoms with Gasteiger partial charge in [-0.25, -0.2) is 0 Å². The molecule has 266 valence electrons. The lowest BCUT2D eigenvalue weighted by molar-refractivity contribution is -0.153. The summed E-state index contributed by atoms with van der Waals surface area (Å²) in [7, 11) is 0. The molecule has 6 rings (SSSR count). The second kappa shape index (κ2) is 11.8. The number of carbonyl (C=O) groups is 6. The molecule has 0 fully saturated rings. The summed E-state index contributed by atoms with van der Waals surface area (Å²) in [6.45, 7) is 8.05. The number of phenolic OH excluding ortho intramolecular Hbond substituents is 3. The lowest BCUT2D eigenvalue weighted by atomic mass is 9.64. The molecule has 0 saturated carbocycles. The van der Waals surface area contributed by atoms with Crippen LogP contribution in [0.3, 0.4) is 0 Å². The summed E-state index contributed by atoms with van der Waals surface area (Å²) in [5.41, 5.74) is -5.42. The lowest BCUT2D eigenvalue weighted by Gasteiger charge is -2.42. The maximum absolute atomic E-state index is 14.0. The number of aliphatic hydroxyl groups is 2. The van der Waals surface area contributed by atoms with Crippen molar-refractivity contribution in [2.75, 3.05) is 0 Å². The first-order chi connectivity index (χ1) is 23.7. The van der Waals surface area contributed by atoms with Crippen LogP contribution in [-0.4, -0.2) is 84.0 Å². The number of carbonyl (C=O) groups excluding carboxylic acids is 6. The number of esters is 2. The summed E-state index contributed by atoms with van der Waals surface area (Å²) in [5, 5.41) is 57.1. The molecule has 5 N–H and O–H groups in total. The van der Waals surface area contributed by atoms with Crippen molar-refractivity contribution in [1.82, 2.24) is 0 Å². The van der Waals surface area contributed by atoms with Crippen LogP contribution in [0.2, 0.25) is 0 Å². The van der Waals surface area contributed by atoms with E-state index in [0.717, 1.165) is 6.92 Å². The number of rotatable bonds is 5. The molecule has 0 aliphatic heterocycles. The number of benzene rings is 3. The quantitative estimate of drug-likeness (QED) is 0.188. The molecule has 0 unspecified atom stereocenters. The Morgan fingerprint density at radius 3 is 1.82 bits per heavy atom. The van der Waals surface area contributed by atoms with Gasteiger partial charge in [0.25, 0.3) is 0 Å². The number of hydrogen-bond acceptors (Lipinski definition) is 13. The average molecular weight is 701 g/mol. The van der Waals surface area contributed by atoms with E-state index in [0.29, 0.717) is 0 Å². The minimum absolute atomic E-state index is 0.0996. The predicted octanol–water partition coefficient (Wildman–Crippen LogP) is 3.96. The molecule has 3 aliphatic carbocycles. The zero-order valence-corrected chi connectivity index (χ0v) is 28.6. The fourth-order valence-corrected chi connectivity index (χ4v) is 8.39. The first-order valence-electron chi connectivity index (χ1n) is 16.3. The van der Waals surface area contributed by atoms with Crippen LogP contribution >= 0.6 is 0 Å². The van der Waals surface area contributed by atoms with Crippen LogP contribution in [0.1, 0.15) is 96.9 Å². The molecule has 0 amide bonds. The third-order valence-electron chi connectivity index (χ3n) is 10.2. The van der Waals surface area contributed by atoms with Crippen LogP contribution in [0.25, 0.3) is 21.9 Å². The molecule has 0 spiro atoms. The van der Waals surface area contributed by atoms with Crippen molar-refractivity contribution >= 4 is 45.8 Å². The summed E-state index contributed by atoms with van der Waals surface area (Å²) in [4.78, 5) is 78.1. The Labute approximate surface area is 291 Å². The smallest absolute Gasteiger partial charge is 0.302 e. The standard InChI is InChI=1S/C38H36O13/c1-14(50-16(3)39)30-22-11-18-7-8-19(32(43)25(18)35(46)26(22)23(41)12-37(30,5)48)20-9-10-21-27(33(20)44)36(47)28-24(42)13-38(6,49)31(29(28)34(21)45)15(2)51-17(4)40/h7-11,14-15,30-31,43-44,46,48-49H,12-13H2,1-6H3/t14-,15+,30-,31-,37+,38+/m1/s1. The Bertz CT molecular complexity index is 2170. The van der Waals surface area contributed by atoms with Crippen LogP contribution in [0.4, 0.5) is 0 Å². The SMILES string of the molecule is CC(=O)O[C@@H](C)[C@@H]1C2=C(C(=O)C[C@]1(C)O)C(=O)c1c(ccc(-c3ccc4cc5c(c(O)c4c3O)C(=O)C[C@](C)(O)[C@@H]5[C@@H](C)OC(C)=O)c1O)C2=O. The van der Waals surface area contributed by atoms with E-state index in [9.17, 15) is 54.3 Å². The second-order valence-electron chi connectivity index (χ2n) is 14.1. The van der Waals surface area contributed by atoms with Crippen molar-refractivity contribution in [1.29, 1.82) is 0 Å². The zero-order chi connectivity index (χ0) is 37.6. The molecule has 13 nitrogen and oxygen atoms in total. The Morgan fingerprint density at radius 2 is 1.22 bits per heavy atom. The van der Waals surface area contributed by atoms with E-state index in [1.165, 1.54) is 58.0 Å². The fourth-order valence-electron chi connectivity index (χ4n) is 8.39. The summed E-state index contributed by atoms with van der Waals surface area (Å²) >= 11 is 0. The molecule has 0 bridgehead atoms. The molecule has 0 radical (unpaired) electrons. The second-order valence-corrected chi connectivity index (χ2v) is 14.1. The number of fused-ring (bicyclic) bond motifs is 3. The molecule has 0 saturated heterocycles. The molecule has 3 aliphatic rings. The van der Waals surface area contributed by atoms with Gasteiger partial charge in [-0.3, -0.25) is 28.8 Å². The van der Waals surface area contributed by atoms with Crippen molar-refractivity contribution < 1.29 is 63.8 Å². The zero-order valence-electron chi connectivity index (χ0n) is 28.6. The van der Waals surface area contributed by atoms with Crippen molar-refractivity contribution in [3.63, 3.8) is 0 Å². The van der Waals surface area contributed by atoms with E-state index < -0.39 is 112 Å². The van der Waals surface area contributed by atoms with Gasteiger partial charge in [0.05, 0.1) is 45.1 Å². The summed E-state index contributed by atoms with van der Waals surface area (Å²) in [5.74, 6) is -8.76. The molecular weight excluding hydrogens is 664 g/mol. The molecule has 0 heterocycles. The first-order valence-corrected chi connectivity index (χ1v) is 16.3. The van der Waals surface area contributed by atoms with Gasteiger partial charge in [-0.2, -0.15) is 0 Å². The van der Waals surface area contributed by atoms with Crippen LogP contribution < -0.4 is 0 Å². The molecule has 3 aromatic carbocycles. The minimum atomic E-state index is -1.85. The highest BCUT2D eigenvalue weighted by Gasteiger charge is 2.54. The van der Waals surface area contributed by atoms with Gasteiger partial charge in [-0.1, -0.05) is 6.07 Å². The van der Waals surface area contributed by atoms with Gasteiger partial charge in [-0.15, -0.1) is 0 Å². The van der Waals surface area contributed by atoms with Crippen molar-refractivity contribution in [2.45, 2.75) is 83.7 Å². The summed E-state index contributed by atoms with van der Waals surface area (Å²) in [6.07, 6.45) is -3.00. The Morgan fingerprint density at radius 1 is 0.706 bits per heavy atom. The maximum atomic E-state index is 14.0. The van der Waals surface area contributed by atoms with Crippen LogP contribution in [0.15, 0.2) is 41.5 Å². The third-order valence-corrected chi connectivity index (χ3v) is 10.2. The molecule has 13 heteroatoms. The third kappa shape index (κ3) is 5.38. The van der Waals surface area contributed by atoms with Gasteiger partial charge in [0, 0.05) is 49.0 Å². The van der Waals surface area contributed by atoms with E-state index in [1.807, 2.05) is 0 Å². The van der Waals surface area contributed by atoms with Crippen LogP contribution in [0.5, 0.6) is 17.2 Å². The van der Waals surface area contributed by atoms with Crippen molar-refractivity contribution in [3.05, 3.63) is 63.7 Å². The maximum Gasteiger partial charge on any atom is 0.302 e. The molecular formula is C38H36O13. The lowest BCUT2D eigenvalue weighted by Crippen LogP contribution is -2.52. The highest BCUT2D eigenvalue weighted by molar-refractivity contribution is 6.38. The number of Topliss-reactive ketones (excluding diaryl/α,β-unsaturated/α-hetero) is 4. The molecule has 0 aromatic heterocycles. The highest BCUT2D eigenvalue weighted by atomic mass is 16.5. The Hall–Kier alpha value is -5.40. The van der Waals surface area contributed by atoms with E-state index in [1.54, 1.807) is 6.92 Å². The van der Waals surface area contributed by atoms with Crippen molar-refractivity contribution in [3.8, 4) is 28.4 Å². The van der Waals surface area contributed by atoms with Gasteiger partial charge in [0.1, 0.15) is 29.5 Å². The van der Waals surface area contributed by atoms with E-state index >= 15 is 0 Å². The van der Waals surface area contributed by atoms with Crippen molar-refractivity contribution in [2.24, 2.45) is 5.92 Å². The number of aromatic hydroxyl groups is 3. The summed E-state index contributed by atoms with van der Waals surface area (Å²) < 4.78 is 10.6. The van der Waals surface area contributed by atoms with Gasteiger partial charge < -0.3 is 35.0 Å². The Kier molecular flexibility index (Phi) is 8.23. The van der Waals surface area contributed by atoms with E-state index in [4.69, 9.17) is 9.47 Å². The predicted molar refractivity (Wildman–Crippen MR) is 179 cm³/mol. The fraction of sp³-hybridized carbons (Fsp3) is 0.368. The van der Waals surface area contributed by atoms with E-state index in [-0.39, 0.29) is 44.2 Å². The number of phenols is 3. The van der Waals surface area contributed by atoms with Gasteiger partial charge in [0.15, 0.2) is 17.3 Å². The molecule has 51 heavy (non-hydrogen) atoms. The summed E-state index contributed by atoms with van der Waals surface area (Å²) in [6, 6.07) is 6.81. The number of allylic oxidation sites excluding steroid dienone is 1. The highest BCUT2D eigenvalue weighted by Crippen LogP contribution is 2.52. The normalized spacial score (nSPS) is 25.6. The van der Waals surface area contributed by atoms with Gasteiger partial charge in [-0.05, 0) is 62.9 Å². The van der Waals surface area contributed by atoms with Gasteiger partial charge >= 0.3 is 11.9 Å². The minimum Gasteiger partial charge on any atom is -0.507 e. The van der Waals surface area contributed by atoms with E-state index in [2.05, 4.69) is 0 Å². The van der Waals surface area contributed by atoms with Gasteiger partial charge in [0.2, 0.25) is 5.78 Å². The number of hydrogen-bond donors (Lipinski definition) is 5. The van der Waals surface area contributed by atoms with Crippen LogP contribution in [-0.2, 0) is 23.9 Å². The average Bonchev–Trinajstić information content (AvgIpc) is 2.97. The van der Waals surface area contributed by atoms with Crippen LogP contribution in [0, 0.1) is 5.92 Å². The molecule has 3 aromatic rings. The topological polar surface area (TPSA) is 222 Å². The number of ether oxygens (including phenoxy) is 2. The largest absolute Gasteiger partial charge is 0.507 e. The monoisotopic (exact) mass is 700 g/mol. The first kappa shape index (κ1) is 35.4. The molecule has 6 atom stereocenters. The Balaban J connectivity index is 1.51.